The molecule has 126 valence electrons. The first-order valence-electron chi connectivity index (χ1n) is 6.94. The summed E-state index contributed by atoms with van der Waals surface area (Å²) < 4.78 is 37.2. The van der Waals surface area contributed by atoms with Gasteiger partial charge in [-0.1, -0.05) is 15.9 Å². The molecule has 2 aromatic rings. The second-order valence-electron chi connectivity index (χ2n) is 5.22. The van der Waals surface area contributed by atoms with Gasteiger partial charge in [0.15, 0.2) is 0 Å². The maximum Gasteiger partial charge on any atom is 0.329 e. The second kappa shape index (κ2) is 6.15. The molecule has 1 fully saturated rings. The number of urea groups is 1. The van der Waals surface area contributed by atoms with E-state index in [9.17, 15) is 17.6 Å². The van der Waals surface area contributed by atoms with Gasteiger partial charge < -0.3 is 0 Å². The molecule has 0 unspecified atom stereocenters. The number of hydrogen-bond acceptors (Lipinski definition) is 3. The fourth-order valence-electron chi connectivity index (χ4n) is 2.52. The van der Waals surface area contributed by atoms with Crippen molar-refractivity contribution in [1.29, 1.82) is 0 Å². The summed E-state index contributed by atoms with van der Waals surface area (Å²) in [5.74, 6) is -0.496. The summed E-state index contributed by atoms with van der Waals surface area (Å²) in [5, 5.41) is 5.05. The van der Waals surface area contributed by atoms with Gasteiger partial charge in [0.05, 0.1) is 10.6 Å². The number of hydrogen-bond donors (Lipinski definition) is 1. The fraction of sp³-hybridized carbons (Fsp3) is 0.133. The molecule has 1 heterocycles. The van der Waals surface area contributed by atoms with Crippen LogP contribution in [-0.2, 0) is 10.0 Å². The quantitative estimate of drug-likeness (QED) is 0.839. The van der Waals surface area contributed by atoms with E-state index in [1.807, 2.05) is 0 Å². The van der Waals surface area contributed by atoms with Crippen LogP contribution in [0.5, 0.6) is 0 Å². The molecule has 24 heavy (non-hydrogen) atoms. The topological polar surface area (TPSA) is 83.7 Å². The van der Waals surface area contributed by atoms with Crippen molar-refractivity contribution in [3.8, 4) is 0 Å². The van der Waals surface area contributed by atoms with Gasteiger partial charge in [-0.2, -0.15) is 0 Å². The van der Waals surface area contributed by atoms with Crippen LogP contribution in [-0.4, -0.2) is 27.5 Å². The van der Waals surface area contributed by atoms with Crippen LogP contribution in [0.2, 0.25) is 0 Å². The molecule has 6 nitrogen and oxygen atoms in total. The zero-order valence-corrected chi connectivity index (χ0v) is 14.7. The number of anilines is 2. The van der Waals surface area contributed by atoms with Crippen LogP contribution >= 0.6 is 15.9 Å². The highest BCUT2D eigenvalue weighted by atomic mass is 79.9. The van der Waals surface area contributed by atoms with E-state index < -0.39 is 15.8 Å². The molecule has 0 spiro atoms. The van der Waals surface area contributed by atoms with Crippen LogP contribution in [0.1, 0.15) is 0 Å². The van der Waals surface area contributed by atoms with Crippen molar-refractivity contribution in [2.24, 2.45) is 5.14 Å². The summed E-state index contributed by atoms with van der Waals surface area (Å²) >= 11 is 3.18. The van der Waals surface area contributed by atoms with Gasteiger partial charge in [0, 0.05) is 23.2 Å². The predicted octanol–water partition coefficient (Wildman–Crippen LogP) is 2.68. The predicted molar refractivity (Wildman–Crippen MR) is 92.0 cm³/mol. The van der Waals surface area contributed by atoms with Gasteiger partial charge in [0.1, 0.15) is 5.82 Å². The first-order valence-corrected chi connectivity index (χ1v) is 9.28. The number of sulfonamides is 1. The minimum absolute atomic E-state index is 0.0336. The Balaban J connectivity index is 1.86. The number of halogens is 2. The number of nitrogens with two attached hydrogens (primary N) is 1. The molecular formula is C15H13BrFN3O3S. The van der Waals surface area contributed by atoms with Gasteiger partial charge in [-0.25, -0.2) is 22.7 Å². The van der Waals surface area contributed by atoms with Gasteiger partial charge in [0.2, 0.25) is 10.0 Å². The molecule has 9 heteroatoms. The highest BCUT2D eigenvalue weighted by Gasteiger charge is 2.32. The first-order chi connectivity index (χ1) is 11.3. The summed E-state index contributed by atoms with van der Waals surface area (Å²) in [7, 11) is -3.79. The standard InChI is InChI=1S/C15H13BrFN3O3S/c16-10-1-6-14(13(17)9-10)20-8-7-19(15(20)21)11-2-4-12(5-3-11)24(18,22)23/h1-6,9H,7-8H2,(H2,18,22,23). The van der Waals surface area contributed by atoms with Crippen LogP contribution in [0.4, 0.5) is 20.6 Å². The molecule has 0 aliphatic carbocycles. The summed E-state index contributed by atoms with van der Waals surface area (Å²) in [6, 6.07) is 9.78. The summed E-state index contributed by atoms with van der Waals surface area (Å²) in [4.78, 5) is 15.3. The van der Waals surface area contributed by atoms with Crippen LogP contribution < -0.4 is 14.9 Å². The average Bonchev–Trinajstić information content (AvgIpc) is 2.88. The molecule has 0 aromatic heterocycles. The Hall–Kier alpha value is -1.97. The highest BCUT2D eigenvalue weighted by Crippen LogP contribution is 2.29. The molecule has 1 saturated heterocycles. The van der Waals surface area contributed by atoms with E-state index in [1.54, 1.807) is 6.07 Å². The van der Waals surface area contributed by atoms with E-state index in [2.05, 4.69) is 15.9 Å². The average molecular weight is 414 g/mol. The van der Waals surface area contributed by atoms with E-state index in [0.29, 0.717) is 23.2 Å². The zero-order valence-electron chi connectivity index (χ0n) is 12.3. The Morgan fingerprint density at radius 2 is 1.67 bits per heavy atom. The number of nitrogens with zero attached hydrogens (tertiary/aromatic N) is 2. The monoisotopic (exact) mass is 413 g/mol. The molecule has 0 atom stereocenters. The van der Waals surface area contributed by atoms with E-state index in [0.717, 1.165) is 0 Å². The van der Waals surface area contributed by atoms with Gasteiger partial charge in [-0.3, -0.25) is 9.80 Å². The smallest absolute Gasteiger partial charge is 0.292 e. The fourth-order valence-corrected chi connectivity index (χ4v) is 3.36. The maximum atomic E-state index is 14.1. The minimum Gasteiger partial charge on any atom is -0.292 e. The third-order valence-electron chi connectivity index (χ3n) is 3.69. The molecule has 0 bridgehead atoms. The summed E-state index contributed by atoms with van der Waals surface area (Å²) in [6.07, 6.45) is 0. The number of rotatable bonds is 3. The highest BCUT2D eigenvalue weighted by molar-refractivity contribution is 9.10. The van der Waals surface area contributed by atoms with Crippen LogP contribution in [0.15, 0.2) is 51.8 Å². The molecule has 2 aromatic carbocycles. The van der Waals surface area contributed by atoms with Crippen molar-refractivity contribution < 1.29 is 17.6 Å². The molecule has 0 radical (unpaired) electrons. The minimum atomic E-state index is -3.79. The Bertz CT molecular complexity index is 903. The Kier molecular flexibility index (Phi) is 4.33. The summed E-state index contributed by atoms with van der Waals surface area (Å²) in [5.41, 5.74) is 0.722. The van der Waals surface area contributed by atoms with Gasteiger partial charge >= 0.3 is 6.03 Å². The lowest BCUT2D eigenvalue weighted by atomic mass is 10.3. The second-order valence-corrected chi connectivity index (χ2v) is 7.70. The lowest BCUT2D eigenvalue weighted by molar-refractivity contribution is 0.255. The van der Waals surface area contributed by atoms with Crippen molar-refractivity contribution >= 4 is 43.4 Å². The van der Waals surface area contributed by atoms with Gasteiger partial charge in [-0.15, -0.1) is 0 Å². The summed E-state index contributed by atoms with van der Waals surface area (Å²) in [6.45, 7) is 0.692. The van der Waals surface area contributed by atoms with Crippen molar-refractivity contribution in [3.63, 3.8) is 0 Å². The first kappa shape index (κ1) is 16.9. The SMILES string of the molecule is NS(=O)(=O)c1ccc(N2CCN(c3ccc(Br)cc3F)C2=O)cc1. The number of carbonyl (C=O) groups excluding carboxylic acids is 1. The van der Waals surface area contributed by atoms with E-state index in [1.165, 1.54) is 46.2 Å². The molecule has 2 N–H and O–H groups in total. The van der Waals surface area contributed by atoms with Crippen LogP contribution in [0.25, 0.3) is 0 Å². The lowest BCUT2D eigenvalue weighted by Crippen LogP contribution is -2.32. The largest absolute Gasteiger partial charge is 0.329 e. The number of benzene rings is 2. The molecule has 1 aliphatic rings. The van der Waals surface area contributed by atoms with Crippen molar-refractivity contribution in [3.05, 3.63) is 52.8 Å². The number of carbonyl (C=O) groups is 1. The van der Waals surface area contributed by atoms with Crippen LogP contribution in [0, 0.1) is 5.82 Å². The van der Waals surface area contributed by atoms with Gasteiger partial charge in [0.25, 0.3) is 0 Å². The van der Waals surface area contributed by atoms with Crippen LogP contribution in [0.3, 0.4) is 0 Å². The van der Waals surface area contributed by atoms with Gasteiger partial charge in [-0.05, 0) is 42.5 Å². The van der Waals surface area contributed by atoms with E-state index >= 15 is 0 Å². The molecular weight excluding hydrogens is 401 g/mol. The molecule has 0 saturated carbocycles. The zero-order chi connectivity index (χ0) is 17.5. The molecule has 1 aliphatic heterocycles. The Labute approximate surface area is 146 Å². The van der Waals surface area contributed by atoms with E-state index in [4.69, 9.17) is 5.14 Å². The third kappa shape index (κ3) is 3.14. The normalized spacial score (nSPS) is 15.2. The van der Waals surface area contributed by atoms with E-state index in [-0.39, 0.29) is 16.6 Å². The van der Waals surface area contributed by atoms with Crippen molar-refractivity contribution in [2.75, 3.05) is 22.9 Å². The maximum absolute atomic E-state index is 14.1. The Morgan fingerprint density at radius 1 is 1.04 bits per heavy atom. The third-order valence-corrected chi connectivity index (χ3v) is 5.11. The number of primary sulfonamides is 1. The molecule has 2 amide bonds. The number of amides is 2. The van der Waals surface area contributed by atoms with Crippen molar-refractivity contribution in [1.82, 2.24) is 0 Å². The Morgan fingerprint density at radius 3 is 2.25 bits per heavy atom. The lowest BCUT2D eigenvalue weighted by Gasteiger charge is -2.19. The van der Waals surface area contributed by atoms with Crippen molar-refractivity contribution in [2.45, 2.75) is 4.90 Å². The molecule has 3 rings (SSSR count).